The van der Waals surface area contributed by atoms with E-state index in [0.717, 1.165) is 53.5 Å². The Morgan fingerprint density at radius 2 is 1.46 bits per heavy atom. The number of sulfonamides is 1. The average Bonchev–Trinajstić information content (AvgIpc) is 3.58. The van der Waals surface area contributed by atoms with Crippen molar-refractivity contribution < 1.29 is 22.7 Å². The second-order valence-electron chi connectivity index (χ2n) is 12.7. The monoisotopic (exact) mass is 667 g/mol. The zero-order chi connectivity index (χ0) is 34.3. The highest BCUT2D eigenvalue weighted by Gasteiger charge is 2.35. The Morgan fingerprint density at radius 1 is 0.812 bits per heavy atom. The lowest BCUT2D eigenvalue weighted by Gasteiger charge is -2.34. The van der Waals surface area contributed by atoms with Crippen molar-refractivity contribution in [3.05, 3.63) is 125 Å². The molecular weight excluding hydrogens is 623 g/mol. The molecule has 1 aliphatic carbocycles. The summed E-state index contributed by atoms with van der Waals surface area (Å²) in [4.78, 5) is 30.6. The highest BCUT2D eigenvalue weighted by molar-refractivity contribution is 7.92. The van der Waals surface area contributed by atoms with Crippen molar-refractivity contribution >= 4 is 27.5 Å². The van der Waals surface area contributed by atoms with Crippen LogP contribution in [0.5, 0.6) is 5.75 Å². The van der Waals surface area contributed by atoms with Gasteiger partial charge in [0.25, 0.3) is 10.0 Å². The summed E-state index contributed by atoms with van der Waals surface area (Å²) in [6, 6.07) is 28.2. The third kappa shape index (κ3) is 8.63. The van der Waals surface area contributed by atoms with Crippen LogP contribution in [0.25, 0.3) is 0 Å². The Balaban J connectivity index is 1.59. The maximum atomic E-state index is 14.8. The van der Waals surface area contributed by atoms with Gasteiger partial charge in [-0.3, -0.25) is 13.9 Å². The van der Waals surface area contributed by atoms with Crippen molar-refractivity contribution in [1.29, 1.82) is 0 Å². The predicted octanol–water partition coefficient (Wildman–Crippen LogP) is 6.51. The van der Waals surface area contributed by atoms with Crippen molar-refractivity contribution in [1.82, 2.24) is 10.2 Å². The summed E-state index contributed by atoms with van der Waals surface area (Å²) in [6.45, 7) is 5.27. The van der Waals surface area contributed by atoms with E-state index in [0.29, 0.717) is 11.4 Å². The molecule has 8 nitrogen and oxygen atoms in total. The van der Waals surface area contributed by atoms with Gasteiger partial charge in [0.1, 0.15) is 18.3 Å². The van der Waals surface area contributed by atoms with Gasteiger partial charge in [-0.05, 0) is 92.3 Å². The first kappa shape index (κ1) is 34.7. The summed E-state index contributed by atoms with van der Waals surface area (Å²) in [5, 5.41) is 3.21. The highest BCUT2D eigenvalue weighted by atomic mass is 32.2. The maximum absolute atomic E-state index is 14.8. The first-order chi connectivity index (χ1) is 23.0. The average molecular weight is 668 g/mol. The number of nitrogens with one attached hydrogen (secondary N) is 1. The van der Waals surface area contributed by atoms with Crippen molar-refractivity contribution in [3.63, 3.8) is 0 Å². The summed E-state index contributed by atoms with van der Waals surface area (Å²) in [5.41, 5.74) is 4.70. The van der Waals surface area contributed by atoms with Crippen molar-refractivity contribution in [2.24, 2.45) is 0 Å². The van der Waals surface area contributed by atoms with Gasteiger partial charge in [-0.1, -0.05) is 79.1 Å². The number of ether oxygens (including phenoxy) is 1. The van der Waals surface area contributed by atoms with Crippen LogP contribution in [0.3, 0.4) is 0 Å². The zero-order valence-corrected chi connectivity index (χ0v) is 29.0. The molecule has 48 heavy (non-hydrogen) atoms. The van der Waals surface area contributed by atoms with Crippen molar-refractivity contribution in [2.45, 2.75) is 76.4 Å². The number of aryl methyl sites for hydroxylation is 3. The molecule has 4 aromatic rings. The SMILES string of the molecule is COc1cccc(CN(C(=O)CN(c2cc(C)cc(C)c2)S(=O)(=O)c2ccc(C)cc2)[C@H](Cc2ccccc2)C(=O)NC2CCCC2)c1. The number of rotatable bonds is 13. The number of carbonyl (C=O) groups is 2. The van der Waals surface area contributed by atoms with E-state index in [-0.39, 0.29) is 29.8 Å². The van der Waals surface area contributed by atoms with Gasteiger partial charge in [0.05, 0.1) is 17.7 Å². The van der Waals surface area contributed by atoms with Crippen molar-refractivity contribution in [2.75, 3.05) is 18.0 Å². The first-order valence-electron chi connectivity index (χ1n) is 16.5. The molecule has 1 fully saturated rings. The van der Waals surface area contributed by atoms with E-state index in [2.05, 4.69) is 5.32 Å². The van der Waals surface area contributed by atoms with Gasteiger partial charge in [0.15, 0.2) is 0 Å². The molecule has 9 heteroatoms. The Kier molecular flexibility index (Phi) is 11.2. The topological polar surface area (TPSA) is 96.0 Å². The van der Waals surface area contributed by atoms with Gasteiger partial charge in [0, 0.05) is 19.0 Å². The predicted molar refractivity (Wildman–Crippen MR) is 190 cm³/mol. The summed E-state index contributed by atoms with van der Waals surface area (Å²) in [7, 11) is -2.60. The summed E-state index contributed by atoms with van der Waals surface area (Å²) >= 11 is 0. The van der Waals surface area contributed by atoms with E-state index in [4.69, 9.17) is 4.74 Å². The van der Waals surface area contributed by atoms with E-state index < -0.39 is 28.5 Å². The molecule has 252 valence electrons. The van der Waals surface area contributed by atoms with Crippen LogP contribution in [0.1, 0.15) is 53.5 Å². The molecule has 0 radical (unpaired) electrons. The standard InChI is InChI=1S/C39H45N3O5S/c1-28-17-19-36(20-18-28)48(45,46)42(34-22-29(2)21-30(3)23-34)27-38(43)41(26-32-13-10-16-35(24-32)47-4)37(25-31-11-6-5-7-12-31)39(44)40-33-14-8-9-15-33/h5-7,10-13,16-24,33,37H,8-9,14-15,25-27H2,1-4H3,(H,40,44)/t37-/m1/s1. The molecule has 0 bridgehead atoms. The number of hydrogen-bond donors (Lipinski definition) is 1. The summed E-state index contributed by atoms with van der Waals surface area (Å²) in [5.74, 6) is -0.120. The Morgan fingerprint density at radius 3 is 2.10 bits per heavy atom. The lowest BCUT2D eigenvalue weighted by molar-refractivity contribution is -0.140. The molecule has 1 atom stereocenters. The molecule has 1 aliphatic rings. The number of hydrogen-bond acceptors (Lipinski definition) is 5. The normalized spacial score (nSPS) is 13.9. The number of anilines is 1. The van der Waals surface area contributed by atoms with E-state index in [1.165, 1.54) is 9.21 Å². The van der Waals surface area contributed by atoms with E-state index in [1.807, 2.05) is 81.4 Å². The third-order valence-electron chi connectivity index (χ3n) is 8.84. The minimum atomic E-state index is -4.17. The fourth-order valence-electron chi connectivity index (χ4n) is 6.35. The van der Waals surface area contributed by atoms with Gasteiger partial charge >= 0.3 is 0 Å². The quantitative estimate of drug-likeness (QED) is 0.175. The molecule has 5 rings (SSSR count). The number of nitrogens with zero attached hydrogens (tertiary/aromatic N) is 2. The van der Waals surface area contributed by atoms with Crippen LogP contribution in [0, 0.1) is 20.8 Å². The maximum Gasteiger partial charge on any atom is 0.264 e. The zero-order valence-electron chi connectivity index (χ0n) is 28.2. The fraction of sp³-hybridized carbons (Fsp3) is 0.333. The number of methoxy groups -OCH3 is 1. The molecular formula is C39H45N3O5S. The Labute approximate surface area is 284 Å². The third-order valence-corrected chi connectivity index (χ3v) is 10.6. The number of benzene rings is 4. The van der Waals surface area contributed by atoms with Gasteiger partial charge in [-0.25, -0.2) is 8.42 Å². The summed E-state index contributed by atoms with van der Waals surface area (Å²) in [6.07, 6.45) is 4.14. The molecule has 0 unspecified atom stereocenters. The fourth-order valence-corrected chi connectivity index (χ4v) is 7.75. The minimum absolute atomic E-state index is 0.0400. The molecule has 0 saturated heterocycles. The molecule has 0 aliphatic heterocycles. The van der Waals surface area contributed by atoms with E-state index in [9.17, 15) is 18.0 Å². The summed E-state index contributed by atoms with van der Waals surface area (Å²) < 4.78 is 35.3. The lowest BCUT2D eigenvalue weighted by atomic mass is 10.0. The second kappa shape index (κ2) is 15.5. The Hall–Kier alpha value is -4.63. The van der Waals surface area contributed by atoms with Crippen LogP contribution in [0.15, 0.2) is 102 Å². The first-order valence-corrected chi connectivity index (χ1v) is 17.9. The molecule has 4 aromatic carbocycles. The largest absolute Gasteiger partial charge is 0.497 e. The molecule has 1 N–H and O–H groups in total. The molecule has 0 spiro atoms. The van der Waals surface area contributed by atoms with Gasteiger partial charge in [0.2, 0.25) is 11.8 Å². The lowest BCUT2D eigenvalue weighted by Crippen LogP contribution is -2.54. The molecule has 0 heterocycles. The van der Waals surface area contributed by atoms with E-state index >= 15 is 0 Å². The van der Waals surface area contributed by atoms with Crippen LogP contribution in [0.2, 0.25) is 0 Å². The number of amides is 2. The molecule has 2 amide bonds. The van der Waals surface area contributed by atoms with Crippen LogP contribution in [-0.4, -0.2) is 50.9 Å². The number of carbonyl (C=O) groups excluding carboxylic acids is 2. The van der Waals surface area contributed by atoms with E-state index in [1.54, 1.807) is 43.5 Å². The van der Waals surface area contributed by atoms with Crippen molar-refractivity contribution in [3.8, 4) is 5.75 Å². The van der Waals surface area contributed by atoms with Crippen LogP contribution in [-0.2, 0) is 32.6 Å². The minimum Gasteiger partial charge on any atom is -0.497 e. The molecule has 0 aromatic heterocycles. The highest BCUT2D eigenvalue weighted by Crippen LogP contribution is 2.28. The molecule has 1 saturated carbocycles. The van der Waals surface area contributed by atoms with Crippen LogP contribution >= 0.6 is 0 Å². The van der Waals surface area contributed by atoms with Crippen LogP contribution in [0.4, 0.5) is 5.69 Å². The van der Waals surface area contributed by atoms with Gasteiger partial charge < -0.3 is 15.0 Å². The smallest absolute Gasteiger partial charge is 0.264 e. The second-order valence-corrected chi connectivity index (χ2v) is 14.6. The Bertz CT molecular complexity index is 1800. The van der Waals surface area contributed by atoms with Gasteiger partial charge in [-0.15, -0.1) is 0 Å². The van der Waals surface area contributed by atoms with Gasteiger partial charge in [-0.2, -0.15) is 0 Å². The van der Waals surface area contributed by atoms with Crippen LogP contribution < -0.4 is 14.4 Å².